The average Bonchev–Trinajstić information content (AvgIpc) is 2.33. The number of ether oxygens (including phenoxy) is 1. The average molecular weight is 235 g/mol. The van der Waals surface area contributed by atoms with Gasteiger partial charge in [0, 0.05) is 17.7 Å². The predicted molar refractivity (Wildman–Crippen MR) is 67.4 cm³/mol. The molecule has 0 radical (unpaired) electrons. The molecule has 0 aliphatic heterocycles. The molecule has 0 heterocycles. The van der Waals surface area contributed by atoms with E-state index >= 15 is 0 Å². The van der Waals surface area contributed by atoms with E-state index in [0.717, 1.165) is 13.0 Å². The van der Waals surface area contributed by atoms with Crippen LogP contribution in [0.1, 0.15) is 31.9 Å². The molecule has 2 nitrogen and oxygen atoms in total. The van der Waals surface area contributed by atoms with Gasteiger partial charge in [-0.25, -0.2) is 4.39 Å². The highest BCUT2D eigenvalue weighted by atomic mass is 19.1. The summed E-state index contributed by atoms with van der Waals surface area (Å²) in [5, 5.41) is 3.24. The van der Waals surface area contributed by atoms with Crippen molar-refractivity contribution in [3.05, 3.63) is 29.6 Å². The number of rotatable bonds is 6. The Hall–Kier alpha value is -1.53. The van der Waals surface area contributed by atoms with Crippen LogP contribution < -0.4 is 10.1 Å². The van der Waals surface area contributed by atoms with E-state index in [1.54, 1.807) is 12.1 Å². The Morgan fingerprint density at radius 3 is 2.88 bits per heavy atom. The van der Waals surface area contributed by atoms with E-state index in [9.17, 15) is 4.39 Å². The molecule has 1 N–H and O–H groups in total. The molecule has 0 saturated carbocycles. The summed E-state index contributed by atoms with van der Waals surface area (Å²) in [6.07, 6.45) is 6.09. The lowest BCUT2D eigenvalue weighted by molar-refractivity contribution is 0.367. The van der Waals surface area contributed by atoms with Crippen molar-refractivity contribution in [2.45, 2.75) is 26.3 Å². The molecule has 0 spiro atoms. The standard InChI is InChI=1S/C14H18FNO/c1-4-8-16-11(3)13-7-6-12(10-14(13)15)17-9-5-2/h2,6-7,10-11,16H,4,8-9H2,1,3H3. The van der Waals surface area contributed by atoms with Crippen LogP contribution in [0.5, 0.6) is 5.75 Å². The first-order valence-corrected chi connectivity index (χ1v) is 5.78. The smallest absolute Gasteiger partial charge is 0.148 e. The maximum absolute atomic E-state index is 13.8. The second-order valence-corrected chi connectivity index (χ2v) is 3.85. The Labute approximate surface area is 102 Å². The molecule has 0 aromatic heterocycles. The quantitative estimate of drug-likeness (QED) is 0.765. The lowest BCUT2D eigenvalue weighted by atomic mass is 10.1. The van der Waals surface area contributed by atoms with Gasteiger partial charge in [0.05, 0.1) is 0 Å². The largest absolute Gasteiger partial charge is 0.481 e. The Kier molecular flexibility index (Phi) is 5.51. The lowest BCUT2D eigenvalue weighted by Crippen LogP contribution is -2.20. The number of benzene rings is 1. The summed E-state index contributed by atoms with van der Waals surface area (Å²) in [4.78, 5) is 0. The zero-order valence-corrected chi connectivity index (χ0v) is 10.3. The van der Waals surface area contributed by atoms with Gasteiger partial charge in [0.15, 0.2) is 0 Å². The van der Waals surface area contributed by atoms with Gasteiger partial charge in [0.1, 0.15) is 18.2 Å². The van der Waals surface area contributed by atoms with Crippen molar-refractivity contribution in [3.8, 4) is 18.1 Å². The second-order valence-electron chi connectivity index (χ2n) is 3.85. The Morgan fingerprint density at radius 1 is 1.53 bits per heavy atom. The normalized spacial score (nSPS) is 11.9. The Bertz CT molecular complexity index is 398. The summed E-state index contributed by atoms with van der Waals surface area (Å²) in [5.41, 5.74) is 0.645. The van der Waals surface area contributed by atoms with Crippen LogP contribution in [0.25, 0.3) is 0 Å². The minimum absolute atomic E-state index is 0.00312. The van der Waals surface area contributed by atoms with Crippen LogP contribution in [0.4, 0.5) is 4.39 Å². The van der Waals surface area contributed by atoms with Crippen LogP contribution in [-0.4, -0.2) is 13.2 Å². The molecule has 17 heavy (non-hydrogen) atoms. The van der Waals surface area contributed by atoms with E-state index in [1.165, 1.54) is 6.07 Å². The van der Waals surface area contributed by atoms with Gasteiger partial charge < -0.3 is 10.1 Å². The van der Waals surface area contributed by atoms with Crippen molar-refractivity contribution in [2.75, 3.05) is 13.2 Å². The Morgan fingerprint density at radius 2 is 2.29 bits per heavy atom. The minimum atomic E-state index is -0.268. The summed E-state index contributed by atoms with van der Waals surface area (Å²) < 4.78 is 18.9. The first kappa shape index (κ1) is 13.5. The molecule has 0 aliphatic carbocycles. The first-order chi connectivity index (χ1) is 8.19. The molecule has 1 unspecified atom stereocenters. The number of hydrogen-bond acceptors (Lipinski definition) is 2. The van der Waals surface area contributed by atoms with E-state index < -0.39 is 0 Å². The van der Waals surface area contributed by atoms with Crippen molar-refractivity contribution >= 4 is 0 Å². The molecular formula is C14H18FNO. The van der Waals surface area contributed by atoms with E-state index in [4.69, 9.17) is 11.2 Å². The summed E-state index contributed by atoms with van der Waals surface area (Å²) >= 11 is 0. The van der Waals surface area contributed by atoms with Crippen LogP contribution in [0.15, 0.2) is 18.2 Å². The molecule has 0 fully saturated rings. The van der Waals surface area contributed by atoms with E-state index in [0.29, 0.717) is 11.3 Å². The van der Waals surface area contributed by atoms with Crippen molar-refractivity contribution in [1.29, 1.82) is 0 Å². The number of nitrogens with one attached hydrogen (secondary N) is 1. The van der Waals surface area contributed by atoms with Gasteiger partial charge >= 0.3 is 0 Å². The summed E-state index contributed by atoms with van der Waals surface area (Å²) in [5.74, 6) is 2.54. The monoisotopic (exact) mass is 235 g/mol. The highest BCUT2D eigenvalue weighted by Gasteiger charge is 2.10. The van der Waals surface area contributed by atoms with E-state index in [-0.39, 0.29) is 18.5 Å². The van der Waals surface area contributed by atoms with E-state index in [1.807, 2.05) is 6.92 Å². The fourth-order valence-electron chi connectivity index (χ4n) is 1.54. The topological polar surface area (TPSA) is 21.3 Å². The molecule has 3 heteroatoms. The molecule has 1 aromatic carbocycles. The molecule has 92 valence electrons. The summed E-state index contributed by atoms with van der Waals surface area (Å²) in [6, 6.07) is 4.84. The van der Waals surface area contributed by atoms with Crippen LogP contribution in [0.3, 0.4) is 0 Å². The third kappa shape index (κ3) is 4.08. The van der Waals surface area contributed by atoms with Gasteiger partial charge in [-0.15, -0.1) is 6.42 Å². The number of halogens is 1. The maximum atomic E-state index is 13.8. The maximum Gasteiger partial charge on any atom is 0.148 e. The van der Waals surface area contributed by atoms with Gasteiger partial charge in [0.25, 0.3) is 0 Å². The van der Waals surface area contributed by atoms with Crippen LogP contribution in [0.2, 0.25) is 0 Å². The second kappa shape index (κ2) is 6.93. The fraction of sp³-hybridized carbons (Fsp3) is 0.429. The van der Waals surface area contributed by atoms with Crippen molar-refractivity contribution < 1.29 is 9.13 Å². The third-order valence-corrected chi connectivity index (χ3v) is 2.46. The van der Waals surface area contributed by atoms with Gasteiger partial charge in [-0.05, 0) is 26.0 Å². The molecule has 0 saturated heterocycles. The zero-order valence-electron chi connectivity index (χ0n) is 10.3. The van der Waals surface area contributed by atoms with Crippen LogP contribution in [-0.2, 0) is 0 Å². The highest BCUT2D eigenvalue weighted by Crippen LogP contribution is 2.21. The first-order valence-electron chi connectivity index (χ1n) is 5.78. The van der Waals surface area contributed by atoms with Gasteiger partial charge in [0.2, 0.25) is 0 Å². The van der Waals surface area contributed by atoms with Crippen LogP contribution in [0, 0.1) is 18.2 Å². The lowest BCUT2D eigenvalue weighted by Gasteiger charge is -2.15. The minimum Gasteiger partial charge on any atom is -0.481 e. The molecule has 1 aromatic rings. The molecule has 0 aliphatic rings. The molecule has 1 rings (SSSR count). The van der Waals surface area contributed by atoms with E-state index in [2.05, 4.69) is 18.2 Å². The summed E-state index contributed by atoms with van der Waals surface area (Å²) in [6.45, 7) is 5.04. The predicted octanol–water partition coefficient (Wildman–Crippen LogP) is 2.90. The van der Waals surface area contributed by atoms with Crippen molar-refractivity contribution in [2.24, 2.45) is 0 Å². The zero-order chi connectivity index (χ0) is 12.7. The molecule has 0 amide bonds. The SMILES string of the molecule is C#CCOc1ccc(C(C)NCCC)c(F)c1. The highest BCUT2D eigenvalue weighted by molar-refractivity contribution is 5.30. The molecule has 0 bridgehead atoms. The molecule has 1 atom stereocenters. The van der Waals surface area contributed by atoms with Gasteiger partial charge in [-0.3, -0.25) is 0 Å². The van der Waals surface area contributed by atoms with Crippen molar-refractivity contribution in [3.63, 3.8) is 0 Å². The van der Waals surface area contributed by atoms with Gasteiger partial charge in [-0.1, -0.05) is 18.9 Å². The number of terminal acetylenes is 1. The Balaban J connectivity index is 2.72. The molecular weight excluding hydrogens is 217 g/mol. The fourth-order valence-corrected chi connectivity index (χ4v) is 1.54. The third-order valence-electron chi connectivity index (χ3n) is 2.46. The number of hydrogen-bond donors (Lipinski definition) is 1. The summed E-state index contributed by atoms with van der Waals surface area (Å²) in [7, 11) is 0. The van der Waals surface area contributed by atoms with Crippen molar-refractivity contribution in [1.82, 2.24) is 5.32 Å². The van der Waals surface area contributed by atoms with Crippen LogP contribution >= 0.6 is 0 Å². The van der Waals surface area contributed by atoms with Gasteiger partial charge in [-0.2, -0.15) is 0 Å².